The van der Waals surface area contributed by atoms with Gasteiger partial charge in [-0.3, -0.25) is 24.4 Å². The molecule has 0 unspecified atom stereocenters. The molecule has 0 spiro atoms. The summed E-state index contributed by atoms with van der Waals surface area (Å²) in [4.78, 5) is 39.2. The van der Waals surface area contributed by atoms with Crippen LogP contribution in [0.4, 0.5) is 0 Å². The zero-order valence-corrected chi connectivity index (χ0v) is 19.4. The lowest BCUT2D eigenvalue weighted by Gasteiger charge is -2.48. The summed E-state index contributed by atoms with van der Waals surface area (Å²) >= 11 is 0. The fourth-order valence-corrected chi connectivity index (χ4v) is 4.88. The third-order valence-electron chi connectivity index (χ3n) is 6.75. The summed E-state index contributed by atoms with van der Waals surface area (Å²) in [7, 11) is 0. The van der Waals surface area contributed by atoms with Gasteiger partial charge < -0.3 is 20.1 Å². The minimum absolute atomic E-state index is 0.0287. The van der Waals surface area contributed by atoms with Gasteiger partial charge in [-0.15, -0.1) is 0 Å². The zero-order chi connectivity index (χ0) is 23.8. The van der Waals surface area contributed by atoms with Crippen LogP contribution in [0.5, 0.6) is 0 Å². The van der Waals surface area contributed by atoms with Crippen molar-refractivity contribution in [3.8, 4) is 0 Å². The van der Waals surface area contributed by atoms with Gasteiger partial charge in [0, 0.05) is 37.1 Å². The fraction of sp³-hybridized carbons (Fsp3) is 0.583. The second-order valence-corrected chi connectivity index (χ2v) is 8.95. The van der Waals surface area contributed by atoms with E-state index in [-0.39, 0.29) is 42.6 Å². The molecule has 0 atom stereocenters. The molecule has 0 bridgehead atoms. The Morgan fingerprint density at radius 1 is 1.09 bits per heavy atom. The first-order chi connectivity index (χ1) is 16.6. The Hall–Kier alpha value is -2.98. The molecule has 3 N–H and O–H groups in total. The van der Waals surface area contributed by atoms with Crippen molar-refractivity contribution in [2.75, 3.05) is 46.0 Å². The molecule has 10 heteroatoms. The number of nitrogens with zero attached hydrogens (tertiary/aromatic N) is 2. The highest BCUT2D eigenvalue weighted by atomic mass is 16.5. The van der Waals surface area contributed by atoms with E-state index in [4.69, 9.17) is 9.47 Å². The summed E-state index contributed by atoms with van der Waals surface area (Å²) in [5.41, 5.74) is 1.00. The summed E-state index contributed by atoms with van der Waals surface area (Å²) < 4.78 is 10.6. The van der Waals surface area contributed by atoms with Crippen molar-refractivity contribution >= 4 is 28.7 Å². The number of hydrogen-bond acceptors (Lipinski definition) is 7. The maximum absolute atomic E-state index is 12.4. The Bertz CT molecular complexity index is 995. The van der Waals surface area contributed by atoms with Crippen molar-refractivity contribution in [3.05, 3.63) is 30.0 Å². The number of aromatic nitrogens is 2. The smallest absolute Gasteiger partial charge is 0.308 e. The molecule has 2 aliphatic rings. The van der Waals surface area contributed by atoms with Crippen molar-refractivity contribution < 1.29 is 23.9 Å². The Balaban J connectivity index is 1.17. The van der Waals surface area contributed by atoms with Crippen molar-refractivity contribution in [1.29, 1.82) is 0 Å². The lowest BCUT2D eigenvalue weighted by atomic mass is 9.79. The summed E-state index contributed by atoms with van der Waals surface area (Å²) in [6.45, 7) is 3.53. The van der Waals surface area contributed by atoms with E-state index in [0.717, 1.165) is 57.5 Å². The van der Waals surface area contributed by atoms with E-state index in [2.05, 4.69) is 25.7 Å². The van der Waals surface area contributed by atoms with Gasteiger partial charge in [-0.05, 0) is 18.9 Å². The maximum atomic E-state index is 12.4. The van der Waals surface area contributed by atoms with Gasteiger partial charge in [0.05, 0.1) is 25.2 Å². The first-order valence-corrected chi connectivity index (χ1v) is 12.0. The number of carbonyl (C=O) groups is 3. The number of nitrogens with one attached hydrogen (secondary N) is 3. The molecular formula is C24H33N5O5. The fourth-order valence-electron chi connectivity index (χ4n) is 4.88. The monoisotopic (exact) mass is 471 g/mol. The summed E-state index contributed by atoms with van der Waals surface area (Å²) in [6, 6.07) is 7.32. The molecule has 1 aliphatic heterocycles. The van der Waals surface area contributed by atoms with Gasteiger partial charge in [-0.2, -0.15) is 5.10 Å². The predicted octanol–water partition coefficient (Wildman–Crippen LogP) is 1.38. The van der Waals surface area contributed by atoms with Gasteiger partial charge in [0.25, 0.3) is 11.8 Å². The van der Waals surface area contributed by atoms with Gasteiger partial charge in [-0.25, -0.2) is 0 Å². The van der Waals surface area contributed by atoms with Crippen molar-refractivity contribution in [3.63, 3.8) is 0 Å². The van der Waals surface area contributed by atoms with E-state index in [1.165, 1.54) is 6.42 Å². The van der Waals surface area contributed by atoms with Crippen LogP contribution in [0.2, 0.25) is 0 Å². The Labute approximate surface area is 198 Å². The van der Waals surface area contributed by atoms with Gasteiger partial charge in [0.2, 0.25) is 0 Å². The molecule has 1 aromatic heterocycles. The van der Waals surface area contributed by atoms with Crippen LogP contribution in [0.1, 0.15) is 49.0 Å². The average molecular weight is 472 g/mol. The number of carbonyl (C=O) groups excluding carboxylic acids is 3. The number of aromatic amines is 1. The first kappa shape index (κ1) is 24.2. The van der Waals surface area contributed by atoms with Gasteiger partial charge in [0.15, 0.2) is 12.3 Å². The van der Waals surface area contributed by atoms with Crippen LogP contribution >= 0.6 is 0 Å². The molecule has 1 saturated heterocycles. The molecule has 0 radical (unpaired) electrons. The quantitative estimate of drug-likeness (QED) is 0.472. The van der Waals surface area contributed by atoms with Gasteiger partial charge in [-0.1, -0.05) is 37.5 Å². The molecule has 4 rings (SSSR count). The third-order valence-corrected chi connectivity index (χ3v) is 6.75. The van der Waals surface area contributed by atoms with Crippen LogP contribution in [-0.2, 0) is 19.1 Å². The standard InChI is InChI=1S/C24H33N5O5/c30-20(26-17-24(9-4-1-5-10-24)29-12-14-33-15-13-29)16-34-21(31)8-11-25-23(32)22-18-6-2-3-7-19(18)27-28-22/h2-3,6-7H,1,4-5,8-17H2,(H,25,32)(H,26,30)(H,27,28). The molecule has 1 aliphatic carbocycles. The zero-order valence-electron chi connectivity index (χ0n) is 19.4. The number of rotatable bonds is 9. The minimum Gasteiger partial charge on any atom is -0.456 e. The predicted molar refractivity (Wildman–Crippen MR) is 125 cm³/mol. The highest BCUT2D eigenvalue weighted by molar-refractivity contribution is 6.04. The van der Waals surface area contributed by atoms with E-state index < -0.39 is 5.97 Å². The van der Waals surface area contributed by atoms with Gasteiger partial charge >= 0.3 is 5.97 Å². The molecular weight excluding hydrogens is 438 g/mol. The third kappa shape index (κ3) is 5.92. The number of benzene rings is 1. The van der Waals surface area contributed by atoms with Crippen molar-refractivity contribution in [1.82, 2.24) is 25.7 Å². The normalized spacial score (nSPS) is 18.4. The molecule has 1 saturated carbocycles. The highest BCUT2D eigenvalue weighted by Gasteiger charge is 2.38. The van der Waals surface area contributed by atoms with Crippen molar-refractivity contribution in [2.45, 2.75) is 44.1 Å². The Morgan fingerprint density at radius 2 is 1.85 bits per heavy atom. The molecule has 184 valence electrons. The molecule has 2 fully saturated rings. The van der Waals surface area contributed by atoms with E-state index in [1.54, 1.807) is 6.07 Å². The van der Waals surface area contributed by atoms with E-state index >= 15 is 0 Å². The second kappa shape index (κ2) is 11.4. The molecule has 34 heavy (non-hydrogen) atoms. The average Bonchev–Trinajstić information content (AvgIpc) is 3.32. The van der Waals surface area contributed by atoms with Crippen molar-refractivity contribution in [2.24, 2.45) is 0 Å². The molecule has 2 aromatic rings. The number of para-hydroxylation sites is 1. The molecule has 1 aromatic carbocycles. The number of hydrogen-bond donors (Lipinski definition) is 3. The maximum Gasteiger partial charge on any atom is 0.308 e. The van der Waals surface area contributed by atoms with Gasteiger partial charge in [0.1, 0.15) is 0 Å². The number of ether oxygens (including phenoxy) is 2. The van der Waals surface area contributed by atoms with E-state index in [1.807, 2.05) is 18.2 Å². The number of amides is 2. The summed E-state index contributed by atoms with van der Waals surface area (Å²) in [5.74, 6) is -1.22. The minimum atomic E-state index is -0.539. The van der Waals surface area contributed by atoms with Crippen LogP contribution in [0.15, 0.2) is 24.3 Å². The van der Waals surface area contributed by atoms with Crippen LogP contribution in [0.3, 0.4) is 0 Å². The highest BCUT2D eigenvalue weighted by Crippen LogP contribution is 2.33. The lowest BCUT2D eigenvalue weighted by molar-refractivity contribution is -0.148. The molecule has 2 amide bonds. The van der Waals surface area contributed by atoms with Crippen LogP contribution < -0.4 is 10.6 Å². The molecule has 10 nitrogen and oxygen atoms in total. The van der Waals surface area contributed by atoms with E-state index in [0.29, 0.717) is 11.9 Å². The van der Waals surface area contributed by atoms with Crippen LogP contribution in [0.25, 0.3) is 10.9 Å². The van der Waals surface area contributed by atoms with E-state index in [9.17, 15) is 14.4 Å². The number of morpholine rings is 1. The lowest BCUT2D eigenvalue weighted by Crippen LogP contribution is -2.59. The SMILES string of the molecule is O=C(COC(=O)CCNC(=O)c1n[nH]c2ccccc12)NCC1(N2CCOCC2)CCCCC1. The number of esters is 1. The summed E-state index contributed by atoms with van der Waals surface area (Å²) in [5, 5.41) is 13.2. The Kier molecular flexibility index (Phi) is 8.12. The number of fused-ring (bicyclic) bond motifs is 1. The second-order valence-electron chi connectivity index (χ2n) is 8.95. The van der Waals surface area contributed by atoms with Crippen LogP contribution in [0, 0.1) is 0 Å². The Morgan fingerprint density at radius 3 is 2.65 bits per heavy atom. The summed E-state index contributed by atoms with van der Waals surface area (Å²) in [6.07, 6.45) is 5.61. The van der Waals surface area contributed by atoms with Crippen LogP contribution in [-0.4, -0.2) is 84.4 Å². The first-order valence-electron chi connectivity index (χ1n) is 12.0. The number of H-pyrrole nitrogens is 1. The topological polar surface area (TPSA) is 126 Å². The molecule has 2 heterocycles. The largest absolute Gasteiger partial charge is 0.456 e.